The third-order valence-corrected chi connectivity index (χ3v) is 4.46. The van der Waals surface area contributed by atoms with Crippen LogP contribution in [-0.2, 0) is 0 Å². The van der Waals surface area contributed by atoms with Crippen molar-refractivity contribution in [3.05, 3.63) is 46.5 Å². The maximum atomic E-state index is 12.0. The molecule has 26 heavy (non-hydrogen) atoms. The van der Waals surface area contributed by atoms with Crippen molar-refractivity contribution in [2.75, 3.05) is 31.7 Å². The number of nitrogens with one attached hydrogen (secondary N) is 2. The number of urea groups is 1. The minimum absolute atomic E-state index is 0.311. The second-order valence-corrected chi connectivity index (χ2v) is 6.34. The van der Waals surface area contributed by atoms with Gasteiger partial charge in [0, 0.05) is 16.8 Å². The van der Waals surface area contributed by atoms with Gasteiger partial charge in [0.1, 0.15) is 25.6 Å². The number of amides is 2. The zero-order chi connectivity index (χ0) is 18.5. The first-order valence-electron chi connectivity index (χ1n) is 8.37. The number of carbonyl (C=O) groups excluding carboxylic acids is 1. The Morgan fingerprint density at radius 1 is 1.12 bits per heavy atom. The first-order valence-corrected chi connectivity index (χ1v) is 8.75. The highest BCUT2D eigenvalue weighted by Gasteiger charge is 2.12. The molecule has 2 N–H and O–H groups in total. The Morgan fingerprint density at radius 3 is 2.54 bits per heavy atom. The van der Waals surface area contributed by atoms with Crippen molar-refractivity contribution in [1.29, 1.82) is 0 Å². The number of hydrogen-bond donors (Lipinski definition) is 2. The van der Waals surface area contributed by atoms with Gasteiger partial charge in [0.05, 0.1) is 6.54 Å². The average Bonchev–Trinajstić information content (AvgIpc) is 2.63. The Balaban J connectivity index is 1.44. The lowest BCUT2D eigenvalue weighted by Gasteiger charge is -2.19. The molecule has 0 spiro atoms. The van der Waals surface area contributed by atoms with Gasteiger partial charge in [0.25, 0.3) is 0 Å². The van der Waals surface area contributed by atoms with E-state index in [0.717, 1.165) is 21.9 Å². The zero-order valence-electron chi connectivity index (χ0n) is 14.7. The van der Waals surface area contributed by atoms with E-state index in [1.54, 1.807) is 18.2 Å². The van der Waals surface area contributed by atoms with Gasteiger partial charge < -0.3 is 24.8 Å². The van der Waals surface area contributed by atoms with E-state index in [1.807, 2.05) is 26.0 Å². The van der Waals surface area contributed by atoms with Gasteiger partial charge >= 0.3 is 6.03 Å². The summed E-state index contributed by atoms with van der Waals surface area (Å²) in [5.41, 5.74) is 2.56. The van der Waals surface area contributed by atoms with Crippen LogP contribution in [-0.4, -0.2) is 32.4 Å². The normalized spacial score (nSPS) is 12.4. The molecule has 1 aliphatic rings. The number of carbonyl (C=O) groups is 1. The van der Waals surface area contributed by atoms with E-state index >= 15 is 0 Å². The average molecular weight is 377 g/mol. The van der Waals surface area contributed by atoms with Crippen LogP contribution in [0.4, 0.5) is 10.5 Å². The first-order chi connectivity index (χ1) is 12.5. The topological polar surface area (TPSA) is 68.8 Å². The van der Waals surface area contributed by atoms with Crippen molar-refractivity contribution < 1.29 is 19.0 Å². The molecule has 3 rings (SSSR count). The van der Waals surface area contributed by atoms with E-state index in [0.29, 0.717) is 43.6 Å². The van der Waals surface area contributed by atoms with Crippen molar-refractivity contribution >= 4 is 23.3 Å². The number of ether oxygens (including phenoxy) is 3. The SMILES string of the molecule is Cc1cc(OCCNC(=O)Nc2ccc3c(c2)OCCO3)cc(C)c1Cl. The molecule has 0 radical (unpaired) electrons. The maximum absolute atomic E-state index is 12.0. The van der Waals surface area contributed by atoms with Crippen LogP contribution < -0.4 is 24.8 Å². The van der Waals surface area contributed by atoms with Gasteiger partial charge in [-0.3, -0.25) is 0 Å². The number of halogens is 1. The molecule has 6 nitrogen and oxygen atoms in total. The molecule has 2 aromatic carbocycles. The molecule has 1 heterocycles. The smallest absolute Gasteiger partial charge is 0.319 e. The molecule has 0 bridgehead atoms. The van der Waals surface area contributed by atoms with Crippen LogP contribution >= 0.6 is 11.6 Å². The van der Waals surface area contributed by atoms with E-state index in [1.165, 1.54) is 0 Å². The minimum atomic E-state index is -0.311. The Bertz CT molecular complexity index is 787. The highest BCUT2D eigenvalue weighted by Crippen LogP contribution is 2.32. The standard InChI is InChI=1S/C19H21ClN2O4/c1-12-9-15(10-13(2)18(12)20)24-6-5-21-19(23)22-14-3-4-16-17(11-14)26-8-7-25-16/h3-4,9-11H,5-8H2,1-2H3,(H2,21,22,23). The van der Waals surface area contributed by atoms with E-state index in [-0.39, 0.29) is 6.03 Å². The summed E-state index contributed by atoms with van der Waals surface area (Å²) in [6.45, 7) is 5.63. The van der Waals surface area contributed by atoms with E-state index in [2.05, 4.69) is 10.6 Å². The van der Waals surface area contributed by atoms with Gasteiger partial charge in [-0.15, -0.1) is 0 Å². The lowest BCUT2D eigenvalue weighted by molar-refractivity contribution is 0.171. The summed E-state index contributed by atoms with van der Waals surface area (Å²) in [7, 11) is 0. The third-order valence-electron chi connectivity index (χ3n) is 3.87. The predicted octanol–water partition coefficient (Wildman–Crippen LogP) is 3.93. The van der Waals surface area contributed by atoms with Gasteiger partial charge in [-0.2, -0.15) is 0 Å². The molecular formula is C19H21ClN2O4. The fourth-order valence-corrected chi connectivity index (χ4v) is 2.73. The fourth-order valence-electron chi connectivity index (χ4n) is 2.62. The van der Waals surface area contributed by atoms with Gasteiger partial charge in [-0.1, -0.05) is 11.6 Å². The number of aryl methyl sites for hydroxylation is 2. The molecule has 0 aliphatic carbocycles. The summed E-state index contributed by atoms with van der Waals surface area (Å²) in [4.78, 5) is 12.0. The minimum Gasteiger partial charge on any atom is -0.492 e. The number of hydrogen-bond acceptors (Lipinski definition) is 4. The van der Waals surface area contributed by atoms with Gasteiger partial charge in [-0.05, 0) is 49.2 Å². The van der Waals surface area contributed by atoms with Crippen molar-refractivity contribution in [3.63, 3.8) is 0 Å². The fraction of sp³-hybridized carbons (Fsp3) is 0.316. The summed E-state index contributed by atoms with van der Waals surface area (Å²) in [6, 6.07) is 8.73. The van der Waals surface area contributed by atoms with Crippen LogP contribution in [0.3, 0.4) is 0 Å². The summed E-state index contributed by atoms with van der Waals surface area (Å²) >= 11 is 6.14. The van der Waals surface area contributed by atoms with Crippen LogP contribution in [0.2, 0.25) is 5.02 Å². The van der Waals surface area contributed by atoms with Crippen molar-refractivity contribution in [2.45, 2.75) is 13.8 Å². The van der Waals surface area contributed by atoms with Crippen molar-refractivity contribution in [1.82, 2.24) is 5.32 Å². The lowest BCUT2D eigenvalue weighted by atomic mass is 10.1. The van der Waals surface area contributed by atoms with E-state index in [4.69, 9.17) is 25.8 Å². The summed E-state index contributed by atoms with van der Waals surface area (Å²) in [6.07, 6.45) is 0. The Hall–Kier alpha value is -2.60. The van der Waals surface area contributed by atoms with Crippen molar-refractivity contribution in [2.24, 2.45) is 0 Å². The highest BCUT2D eigenvalue weighted by molar-refractivity contribution is 6.32. The highest BCUT2D eigenvalue weighted by atomic mass is 35.5. The predicted molar refractivity (Wildman–Crippen MR) is 101 cm³/mol. The summed E-state index contributed by atoms with van der Waals surface area (Å²) in [5.74, 6) is 2.05. The number of benzene rings is 2. The molecule has 2 aromatic rings. The van der Waals surface area contributed by atoms with Crippen LogP contribution in [0, 0.1) is 13.8 Å². The van der Waals surface area contributed by atoms with Crippen LogP contribution in [0.5, 0.6) is 17.2 Å². The molecule has 0 aromatic heterocycles. The largest absolute Gasteiger partial charge is 0.492 e. The van der Waals surface area contributed by atoms with Gasteiger partial charge in [0.2, 0.25) is 0 Å². The third kappa shape index (κ3) is 4.52. The Kier molecular flexibility index (Phi) is 5.73. The molecule has 0 saturated heterocycles. The second-order valence-electron chi connectivity index (χ2n) is 5.96. The van der Waals surface area contributed by atoms with Crippen LogP contribution in [0.15, 0.2) is 30.3 Å². The van der Waals surface area contributed by atoms with Crippen LogP contribution in [0.25, 0.3) is 0 Å². The van der Waals surface area contributed by atoms with Gasteiger partial charge in [0.15, 0.2) is 11.5 Å². The lowest BCUT2D eigenvalue weighted by Crippen LogP contribution is -2.32. The monoisotopic (exact) mass is 376 g/mol. The molecule has 2 amide bonds. The van der Waals surface area contributed by atoms with Crippen molar-refractivity contribution in [3.8, 4) is 17.2 Å². The molecule has 0 saturated carbocycles. The zero-order valence-corrected chi connectivity index (χ0v) is 15.5. The number of fused-ring (bicyclic) bond motifs is 1. The second kappa shape index (κ2) is 8.19. The molecule has 0 unspecified atom stereocenters. The summed E-state index contributed by atoms with van der Waals surface area (Å²) in [5, 5.41) is 6.25. The van der Waals surface area contributed by atoms with E-state index < -0.39 is 0 Å². The quantitative estimate of drug-likeness (QED) is 0.776. The molecule has 0 fully saturated rings. The summed E-state index contributed by atoms with van der Waals surface area (Å²) < 4.78 is 16.6. The maximum Gasteiger partial charge on any atom is 0.319 e. The number of rotatable bonds is 5. The first kappa shape index (κ1) is 18.2. The Morgan fingerprint density at radius 2 is 1.81 bits per heavy atom. The molecule has 138 valence electrons. The molecule has 7 heteroatoms. The van der Waals surface area contributed by atoms with Crippen LogP contribution in [0.1, 0.15) is 11.1 Å². The molecule has 1 aliphatic heterocycles. The Labute approximate surface area is 157 Å². The molecule has 0 atom stereocenters. The van der Waals surface area contributed by atoms with E-state index in [9.17, 15) is 4.79 Å². The number of anilines is 1. The van der Waals surface area contributed by atoms with Gasteiger partial charge in [-0.25, -0.2) is 4.79 Å². The molecular weight excluding hydrogens is 356 g/mol.